The van der Waals surface area contributed by atoms with Crippen LogP contribution >= 0.6 is 11.6 Å². The van der Waals surface area contributed by atoms with Crippen LogP contribution in [0, 0.1) is 0 Å². The Bertz CT molecular complexity index is 735. The van der Waals surface area contributed by atoms with E-state index < -0.39 is 6.04 Å². The number of Topliss-reactive ketones (excluding diaryl/α,β-unsaturated/α-hetero) is 1. The maximum atomic E-state index is 12.3. The van der Waals surface area contributed by atoms with E-state index in [0.717, 1.165) is 16.2 Å². The van der Waals surface area contributed by atoms with Crippen molar-refractivity contribution in [3.8, 4) is 5.75 Å². The molecule has 2 N–H and O–H groups in total. The van der Waals surface area contributed by atoms with Crippen molar-refractivity contribution in [2.24, 2.45) is 0 Å². The van der Waals surface area contributed by atoms with Gasteiger partial charge in [0.25, 0.3) is 5.91 Å². The van der Waals surface area contributed by atoms with Crippen LogP contribution in [0.25, 0.3) is 0 Å². The minimum atomic E-state index is -0.502. The summed E-state index contributed by atoms with van der Waals surface area (Å²) < 4.78 is 5.65. The number of ketones is 1. The quantitative estimate of drug-likeness (QED) is 0.648. The summed E-state index contributed by atoms with van der Waals surface area (Å²) >= 11 is 5.84. The predicted molar refractivity (Wildman–Crippen MR) is 106 cm³/mol. The average molecular weight is 390 g/mol. The first-order valence-corrected chi connectivity index (χ1v) is 9.35. The van der Waals surface area contributed by atoms with Crippen LogP contribution in [0.4, 0.5) is 0 Å². The number of amides is 1. The maximum Gasteiger partial charge on any atom is 0.275 e. The Morgan fingerprint density at radius 2 is 1.78 bits per heavy atom. The SMILES string of the molecule is CC(=O)[C@@H](Cc1ccccc1)NC(=O)C[NH+](C)CCOc1ccc(Cl)cc1. The number of ether oxygens (including phenoxy) is 1. The Hall–Kier alpha value is -2.37. The molecule has 0 aliphatic heterocycles. The average Bonchev–Trinajstić information content (AvgIpc) is 2.63. The van der Waals surface area contributed by atoms with Gasteiger partial charge in [0.05, 0.1) is 13.1 Å². The Labute approximate surface area is 165 Å². The molecule has 0 saturated heterocycles. The second kappa shape index (κ2) is 10.7. The van der Waals surface area contributed by atoms with E-state index in [-0.39, 0.29) is 18.2 Å². The first-order chi connectivity index (χ1) is 12.9. The molecule has 1 amide bonds. The highest BCUT2D eigenvalue weighted by Gasteiger charge is 2.19. The summed E-state index contributed by atoms with van der Waals surface area (Å²) in [5.41, 5.74) is 1.02. The van der Waals surface area contributed by atoms with Crippen LogP contribution < -0.4 is 15.0 Å². The smallest absolute Gasteiger partial charge is 0.275 e. The first kappa shape index (κ1) is 20.9. The van der Waals surface area contributed by atoms with Crippen LogP contribution in [0.1, 0.15) is 12.5 Å². The van der Waals surface area contributed by atoms with Gasteiger partial charge in [-0.15, -0.1) is 0 Å². The topological polar surface area (TPSA) is 59.8 Å². The highest BCUT2D eigenvalue weighted by molar-refractivity contribution is 6.30. The monoisotopic (exact) mass is 389 g/mol. The standard InChI is InChI=1S/C21H25ClN2O3/c1-16(25)20(14-17-6-4-3-5-7-17)23-21(26)15-24(2)12-13-27-19-10-8-18(22)9-11-19/h3-11,20H,12-15H2,1-2H3,(H,23,26)/p+1/t20-/m1/s1. The van der Waals surface area contributed by atoms with Crippen molar-refractivity contribution in [3.63, 3.8) is 0 Å². The van der Waals surface area contributed by atoms with E-state index in [2.05, 4.69) is 5.32 Å². The highest BCUT2D eigenvalue weighted by Crippen LogP contribution is 2.14. The highest BCUT2D eigenvalue weighted by atomic mass is 35.5. The van der Waals surface area contributed by atoms with Crippen molar-refractivity contribution in [2.45, 2.75) is 19.4 Å². The number of nitrogens with one attached hydrogen (secondary N) is 2. The van der Waals surface area contributed by atoms with Gasteiger partial charge in [-0.1, -0.05) is 41.9 Å². The van der Waals surface area contributed by atoms with Gasteiger partial charge in [-0.2, -0.15) is 0 Å². The Balaban J connectivity index is 1.75. The zero-order chi connectivity index (χ0) is 19.6. The van der Waals surface area contributed by atoms with Gasteiger partial charge in [0, 0.05) is 5.02 Å². The van der Waals surface area contributed by atoms with E-state index in [1.165, 1.54) is 6.92 Å². The maximum absolute atomic E-state index is 12.3. The van der Waals surface area contributed by atoms with E-state index in [0.29, 0.717) is 24.6 Å². The molecule has 0 aromatic heterocycles. The van der Waals surface area contributed by atoms with Gasteiger partial charge in [0.2, 0.25) is 0 Å². The van der Waals surface area contributed by atoms with Crippen molar-refractivity contribution >= 4 is 23.3 Å². The molecule has 0 spiro atoms. The molecule has 0 bridgehead atoms. The largest absolute Gasteiger partial charge is 0.488 e. The fraction of sp³-hybridized carbons (Fsp3) is 0.333. The van der Waals surface area contributed by atoms with Gasteiger partial charge >= 0.3 is 0 Å². The minimum absolute atomic E-state index is 0.0454. The van der Waals surface area contributed by atoms with Gasteiger partial charge in [-0.3, -0.25) is 9.59 Å². The van der Waals surface area contributed by atoms with E-state index in [4.69, 9.17) is 16.3 Å². The van der Waals surface area contributed by atoms with Gasteiger partial charge < -0.3 is 15.0 Å². The summed E-state index contributed by atoms with van der Waals surface area (Å²) in [6, 6.07) is 16.3. The number of carbonyl (C=O) groups is 2. The third-order valence-corrected chi connectivity index (χ3v) is 4.43. The lowest BCUT2D eigenvalue weighted by Crippen LogP contribution is -3.10. The molecule has 0 heterocycles. The Morgan fingerprint density at radius 3 is 2.41 bits per heavy atom. The zero-order valence-corrected chi connectivity index (χ0v) is 16.5. The van der Waals surface area contributed by atoms with Gasteiger partial charge in [0.1, 0.15) is 18.9 Å². The number of hydrogen-bond donors (Lipinski definition) is 2. The second-order valence-electron chi connectivity index (χ2n) is 6.61. The van der Waals surface area contributed by atoms with E-state index in [1.54, 1.807) is 12.1 Å². The van der Waals surface area contributed by atoms with E-state index in [1.807, 2.05) is 49.5 Å². The van der Waals surface area contributed by atoms with Crippen LogP contribution in [0.2, 0.25) is 5.02 Å². The third kappa shape index (κ3) is 7.81. The summed E-state index contributed by atoms with van der Waals surface area (Å²) in [6.45, 7) is 2.94. The molecular weight excluding hydrogens is 364 g/mol. The van der Waals surface area contributed by atoms with Crippen molar-refractivity contribution < 1.29 is 19.2 Å². The van der Waals surface area contributed by atoms with Crippen molar-refractivity contribution in [1.82, 2.24) is 5.32 Å². The predicted octanol–water partition coefficient (Wildman–Crippen LogP) is 1.55. The molecule has 27 heavy (non-hydrogen) atoms. The molecule has 5 nitrogen and oxygen atoms in total. The third-order valence-electron chi connectivity index (χ3n) is 4.18. The number of likely N-dealkylation sites (N-methyl/N-ethyl adjacent to an activating group) is 1. The second-order valence-corrected chi connectivity index (χ2v) is 7.04. The summed E-state index contributed by atoms with van der Waals surface area (Å²) in [6.07, 6.45) is 0.501. The number of benzene rings is 2. The van der Waals surface area contributed by atoms with Gasteiger partial charge in [-0.25, -0.2) is 0 Å². The molecule has 2 aromatic carbocycles. The summed E-state index contributed by atoms with van der Waals surface area (Å²) in [5, 5.41) is 3.51. The summed E-state index contributed by atoms with van der Waals surface area (Å²) in [5.74, 6) is 0.558. The molecule has 0 radical (unpaired) electrons. The first-order valence-electron chi connectivity index (χ1n) is 8.97. The number of rotatable bonds is 10. The van der Waals surface area contributed by atoms with Crippen LogP contribution in [0.3, 0.4) is 0 Å². The van der Waals surface area contributed by atoms with Crippen LogP contribution in [0.15, 0.2) is 54.6 Å². The van der Waals surface area contributed by atoms with Crippen LogP contribution in [0.5, 0.6) is 5.75 Å². The van der Waals surface area contributed by atoms with Crippen LogP contribution in [-0.4, -0.2) is 44.5 Å². The molecule has 2 atom stereocenters. The summed E-state index contributed by atoms with van der Waals surface area (Å²) in [4.78, 5) is 25.2. The fourth-order valence-electron chi connectivity index (χ4n) is 2.63. The number of halogens is 1. The van der Waals surface area contributed by atoms with E-state index >= 15 is 0 Å². The lowest BCUT2D eigenvalue weighted by molar-refractivity contribution is -0.871. The van der Waals surface area contributed by atoms with Crippen LogP contribution in [-0.2, 0) is 16.0 Å². The lowest BCUT2D eigenvalue weighted by atomic mass is 10.0. The van der Waals surface area contributed by atoms with Crippen molar-refractivity contribution in [3.05, 3.63) is 65.2 Å². The molecule has 2 aromatic rings. The number of hydrogen-bond acceptors (Lipinski definition) is 3. The summed E-state index contributed by atoms with van der Waals surface area (Å²) in [7, 11) is 1.92. The molecule has 0 aliphatic rings. The molecular formula is C21H26ClN2O3+. The van der Waals surface area contributed by atoms with Crippen molar-refractivity contribution in [1.29, 1.82) is 0 Å². The van der Waals surface area contributed by atoms with E-state index in [9.17, 15) is 9.59 Å². The molecule has 144 valence electrons. The fourth-order valence-corrected chi connectivity index (χ4v) is 2.75. The molecule has 6 heteroatoms. The number of quaternary nitrogens is 1. The molecule has 2 rings (SSSR count). The molecule has 1 unspecified atom stereocenters. The molecule has 0 saturated carbocycles. The minimum Gasteiger partial charge on any atom is -0.488 e. The van der Waals surface area contributed by atoms with Crippen molar-refractivity contribution in [2.75, 3.05) is 26.7 Å². The van der Waals surface area contributed by atoms with Gasteiger partial charge in [-0.05, 0) is 43.2 Å². The zero-order valence-electron chi connectivity index (χ0n) is 15.7. The Kier molecular flexibility index (Phi) is 8.30. The Morgan fingerprint density at radius 1 is 1.11 bits per heavy atom. The van der Waals surface area contributed by atoms with Gasteiger partial charge in [0.15, 0.2) is 12.3 Å². The normalized spacial score (nSPS) is 12.9. The molecule has 0 fully saturated rings. The molecule has 0 aliphatic carbocycles. The lowest BCUT2D eigenvalue weighted by Gasteiger charge is -2.18. The number of carbonyl (C=O) groups excluding carboxylic acids is 2.